The monoisotopic (exact) mass is 468 g/mol. The molecule has 0 saturated heterocycles. The average Bonchev–Trinajstić information content (AvgIpc) is 3.21. The smallest absolute Gasteiger partial charge is 0.375 e. The van der Waals surface area contributed by atoms with Gasteiger partial charge in [-0.25, -0.2) is 4.79 Å². The number of nitro benzene ring substituents is 1. The number of esters is 1. The molecule has 0 unspecified atom stereocenters. The number of nitrogens with zero attached hydrogens (tertiary/aromatic N) is 1. The molecule has 2 aromatic carbocycles. The summed E-state index contributed by atoms with van der Waals surface area (Å²) in [6.45, 7) is -0.534. The molecule has 8 nitrogen and oxygen atoms in total. The lowest BCUT2D eigenvalue weighted by Gasteiger charge is -2.20. The molecule has 4 rings (SSSR count). The first-order valence-corrected chi connectivity index (χ1v) is 11.9. The summed E-state index contributed by atoms with van der Waals surface area (Å²) >= 11 is 1.83. The number of carbonyl (C=O) groups is 2. The Balaban J connectivity index is 1.42. The Hall–Kier alpha value is -3.33. The summed E-state index contributed by atoms with van der Waals surface area (Å²) in [4.78, 5) is 35.3. The van der Waals surface area contributed by atoms with Crippen LogP contribution in [-0.4, -0.2) is 28.7 Å². The molecule has 1 fully saturated rings. The molecule has 0 aliphatic heterocycles. The number of non-ortho nitro benzene ring substituents is 1. The van der Waals surface area contributed by atoms with E-state index < -0.39 is 23.4 Å². The highest BCUT2D eigenvalue weighted by Crippen LogP contribution is 2.35. The third-order valence-corrected chi connectivity index (χ3v) is 6.97. The SMILES string of the molecule is O=C(COC(=O)c1oc2ccccc2c1CSC1CCCCC1)Nc1cccc([N+](=O)[O-])c1. The van der Waals surface area contributed by atoms with Gasteiger partial charge >= 0.3 is 5.97 Å². The molecule has 1 heterocycles. The van der Waals surface area contributed by atoms with Crippen molar-refractivity contribution in [3.63, 3.8) is 0 Å². The van der Waals surface area contributed by atoms with Crippen LogP contribution < -0.4 is 5.32 Å². The highest BCUT2D eigenvalue weighted by Gasteiger charge is 2.24. The van der Waals surface area contributed by atoms with E-state index in [1.807, 2.05) is 30.0 Å². The van der Waals surface area contributed by atoms with Crippen molar-refractivity contribution in [2.75, 3.05) is 11.9 Å². The number of amides is 1. The van der Waals surface area contributed by atoms with Gasteiger partial charge in [-0.1, -0.05) is 43.5 Å². The van der Waals surface area contributed by atoms with Gasteiger partial charge in [-0.3, -0.25) is 14.9 Å². The first kappa shape index (κ1) is 22.8. The van der Waals surface area contributed by atoms with E-state index in [0.717, 1.165) is 10.9 Å². The summed E-state index contributed by atoms with van der Waals surface area (Å²) in [5.74, 6) is -0.563. The number of ether oxygens (including phenoxy) is 1. The standard InChI is InChI=1S/C24H24N2O6S/c27-22(25-16-7-6-8-17(13-16)26(29)30)14-31-24(28)23-20(15-33-18-9-2-1-3-10-18)19-11-4-5-12-21(19)32-23/h4-8,11-13,18H,1-3,9-10,14-15H2,(H,25,27). The van der Waals surface area contributed by atoms with Gasteiger partial charge in [0.1, 0.15) is 5.58 Å². The van der Waals surface area contributed by atoms with Crippen molar-refractivity contribution >= 4 is 46.0 Å². The van der Waals surface area contributed by atoms with Crippen molar-refractivity contribution in [2.24, 2.45) is 0 Å². The lowest BCUT2D eigenvalue weighted by atomic mass is 10.0. The number of para-hydroxylation sites is 1. The Morgan fingerprint density at radius 1 is 1.12 bits per heavy atom. The van der Waals surface area contributed by atoms with Crippen LogP contribution in [0.5, 0.6) is 0 Å². The zero-order valence-corrected chi connectivity index (χ0v) is 18.8. The molecule has 1 aliphatic carbocycles. The number of anilines is 1. The Bertz CT molecular complexity index is 1170. The fourth-order valence-corrected chi connectivity index (χ4v) is 5.29. The first-order valence-electron chi connectivity index (χ1n) is 10.8. The zero-order chi connectivity index (χ0) is 23.2. The highest BCUT2D eigenvalue weighted by molar-refractivity contribution is 7.99. The number of hydrogen-bond donors (Lipinski definition) is 1. The molecule has 9 heteroatoms. The van der Waals surface area contributed by atoms with Crippen LogP contribution in [0.1, 0.15) is 48.2 Å². The molecule has 1 N–H and O–H groups in total. The Kier molecular flexibility index (Phi) is 7.29. The summed E-state index contributed by atoms with van der Waals surface area (Å²) in [6.07, 6.45) is 6.11. The second-order valence-corrected chi connectivity index (χ2v) is 9.20. The Labute approximate surface area is 194 Å². The van der Waals surface area contributed by atoms with Crippen molar-refractivity contribution in [1.29, 1.82) is 0 Å². The van der Waals surface area contributed by atoms with Crippen molar-refractivity contribution < 1.29 is 23.7 Å². The quantitative estimate of drug-likeness (QED) is 0.256. The summed E-state index contributed by atoms with van der Waals surface area (Å²) in [6, 6.07) is 13.0. The molecular formula is C24H24N2O6S. The van der Waals surface area contributed by atoms with Crippen LogP contribution in [0.15, 0.2) is 52.9 Å². The van der Waals surface area contributed by atoms with Crippen LogP contribution in [0.25, 0.3) is 11.0 Å². The van der Waals surface area contributed by atoms with E-state index in [1.165, 1.54) is 56.4 Å². The Morgan fingerprint density at radius 2 is 1.91 bits per heavy atom. The van der Waals surface area contributed by atoms with E-state index in [4.69, 9.17) is 9.15 Å². The lowest BCUT2D eigenvalue weighted by molar-refractivity contribution is -0.384. The van der Waals surface area contributed by atoms with E-state index in [0.29, 0.717) is 16.6 Å². The minimum absolute atomic E-state index is 0.114. The number of rotatable bonds is 8. The number of thioether (sulfide) groups is 1. The maximum Gasteiger partial charge on any atom is 0.375 e. The van der Waals surface area contributed by atoms with Gasteiger partial charge in [0.15, 0.2) is 6.61 Å². The lowest BCUT2D eigenvalue weighted by Crippen LogP contribution is -2.21. The minimum Gasteiger partial charge on any atom is -0.450 e. The van der Waals surface area contributed by atoms with E-state index in [-0.39, 0.29) is 17.1 Å². The number of fused-ring (bicyclic) bond motifs is 1. The van der Waals surface area contributed by atoms with E-state index in [2.05, 4.69) is 5.32 Å². The maximum atomic E-state index is 12.8. The van der Waals surface area contributed by atoms with E-state index in [1.54, 1.807) is 6.07 Å². The van der Waals surface area contributed by atoms with Crippen LogP contribution >= 0.6 is 11.8 Å². The van der Waals surface area contributed by atoms with Gasteiger partial charge in [0.25, 0.3) is 11.6 Å². The van der Waals surface area contributed by atoms with Crippen molar-refractivity contribution in [1.82, 2.24) is 0 Å². The van der Waals surface area contributed by atoms with E-state index >= 15 is 0 Å². The normalized spacial score (nSPS) is 14.2. The molecule has 0 atom stereocenters. The van der Waals surface area contributed by atoms with Crippen LogP contribution in [0.3, 0.4) is 0 Å². The third kappa shape index (κ3) is 5.73. The van der Waals surface area contributed by atoms with Crippen molar-refractivity contribution in [3.05, 3.63) is 70.0 Å². The molecule has 33 heavy (non-hydrogen) atoms. The number of benzene rings is 2. The van der Waals surface area contributed by atoms with Gasteiger partial charge in [-0.05, 0) is 25.0 Å². The molecule has 0 radical (unpaired) electrons. The maximum absolute atomic E-state index is 12.8. The summed E-state index contributed by atoms with van der Waals surface area (Å²) in [7, 11) is 0. The van der Waals surface area contributed by atoms with Gasteiger partial charge in [0.05, 0.1) is 4.92 Å². The summed E-state index contributed by atoms with van der Waals surface area (Å²) < 4.78 is 11.0. The van der Waals surface area contributed by atoms with Crippen LogP contribution in [0.4, 0.5) is 11.4 Å². The summed E-state index contributed by atoms with van der Waals surface area (Å²) in [5, 5.41) is 14.8. The molecule has 0 bridgehead atoms. The number of nitrogens with one attached hydrogen (secondary N) is 1. The van der Waals surface area contributed by atoms with Crippen LogP contribution in [0.2, 0.25) is 0 Å². The predicted molar refractivity (Wildman–Crippen MR) is 126 cm³/mol. The van der Waals surface area contributed by atoms with Crippen LogP contribution in [0, 0.1) is 10.1 Å². The van der Waals surface area contributed by atoms with Gasteiger partial charge < -0.3 is 14.5 Å². The van der Waals surface area contributed by atoms with Crippen molar-refractivity contribution in [3.8, 4) is 0 Å². The molecule has 1 aromatic heterocycles. The van der Waals surface area contributed by atoms with Gasteiger partial charge in [0.2, 0.25) is 5.76 Å². The zero-order valence-electron chi connectivity index (χ0n) is 18.0. The molecule has 1 amide bonds. The molecule has 1 aliphatic rings. The minimum atomic E-state index is -0.709. The van der Waals surface area contributed by atoms with Crippen LogP contribution in [-0.2, 0) is 15.3 Å². The van der Waals surface area contributed by atoms with Gasteiger partial charge in [-0.15, -0.1) is 0 Å². The molecule has 3 aromatic rings. The Morgan fingerprint density at radius 3 is 2.70 bits per heavy atom. The number of hydrogen-bond acceptors (Lipinski definition) is 7. The average molecular weight is 469 g/mol. The fourth-order valence-electron chi connectivity index (χ4n) is 3.93. The summed E-state index contributed by atoms with van der Waals surface area (Å²) in [5.41, 5.74) is 1.49. The van der Waals surface area contributed by atoms with Crippen molar-refractivity contribution in [2.45, 2.75) is 43.1 Å². The largest absolute Gasteiger partial charge is 0.450 e. The molecule has 172 valence electrons. The number of furan rings is 1. The number of nitro groups is 1. The second-order valence-electron chi connectivity index (χ2n) is 7.91. The van der Waals surface area contributed by atoms with Gasteiger partial charge in [0, 0.05) is 39.8 Å². The van der Waals surface area contributed by atoms with Gasteiger partial charge in [-0.2, -0.15) is 11.8 Å². The highest BCUT2D eigenvalue weighted by atomic mass is 32.2. The first-order chi connectivity index (χ1) is 16.0. The number of carbonyl (C=O) groups excluding carboxylic acids is 2. The second kappa shape index (κ2) is 10.5. The van der Waals surface area contributed by atoms with E-state index in [9.17, 15) is 19.7 Å². The molecule has 1 saturated carbocycles. The fraction of sp³-hybridized carbons (Fsp3) is 0.333. The molecular weight excluding hydrogens is 444 g/mol. The topological polar surface area (TPSA) is 112 Å². The third-order valence-electron chi connectivity index (χ3n) is 5.57. The molecule has 0 spiro atoms. The predicted octanol–water partition coefficient (Wildman–Crippen LogP) is 5.70.